The Morgan fingerprint density at radius 2 is 2.10 bits per heavy atom. The van der Waals surface area contributed by atoms with Crippen LogP contribution in [0, 0.1) is 13.8 Å². The zero-order valence-corrected chi connectivity index (χ0v) is 12.4. The predicted molar refractivity (Wildman–Crippen MR) is 80.9 cm³/mol. The first-order chi connectivity index (χ1) is 9.38. The minimum absolute atomic E-state index is 0.155. The quantitative estimate of drug-likeness (QED) is 0.854. The van der Waals surface area contributed by atoms with E-state index in [1.807, 2.05) is 19.9 Å². The Kier molecular flexibility index (Phi) is 3.99. The number of carbonyl (C=O) groups excluding carboxylic acids is 1. The molecule has 2 aromatic rings. The average molecular weight is 293 g/mol. The van der Waals surface area contributed by atoms with Crippen molar-refractivity contribution in [3.05, 3.63) is 40.7 Å². The van der Waals surface area contributed by atoms with Crippen LogP contribution in [0.1, 0.15) is 24.4 Å². The monoisotopic (exact) mass is 292 g/mol. The third-order valence-electron chi connectivity index (χ3n) is 3.05. The standard InChI is InChI=1S/C14H17ClN4O/c1-8-6-9(2)19(18-8)10(3)14(20)17-11-4-5-12(15)13(16)7-11/h4-7,10H,16H2,1-3H3,(H,17,20). The molecule has 106 valence electrons. The van der Waals surface area contributed by atoms with Crippen molar-refractivity contribution >= 4 is 28.9 Å². The van der Waals surface area contributed by atoms with E-state index in [1.54, 1.807) is 29.8 Å². The molecule has 0 bridgehead atoms. The first-order valence-corrected chi connectivity index (χ1v) is 6.65. The van der Waals surface area contributed by atoms with E-state index >= 15 is 0 Å². The maximum Gasteiger partial charge on any atom is 0.248 e. The largest absolute Gasteiger partial charge is 0.397 e. The van der Waals surface area contributed by atoms with Crippen LogP contribution in [0.3, 0.4) is 0 Å². The highest BCUT2D eigenvalue weighted by Crippen LogP contribution is 2.23. The molecular weight excluding hydrogens is 276 g/mol. The second kappa shape index (κ2) is 5.54. The van der Waals surface area contributed by atoms with Gasteiger partial charge in [-0.25, -0.2) is 0 Å². The van der Waals surface area contributed by atoms with E-state index < -0.39 is 6.04 Å². The fourth-order valence-electron chi connectivity index (χ4n) is 2.02. The van der Waals surface area contributed by atoms with Gasteiger partial charge in [0.1, 0.15) is 6.04 Å². The third kappa shape index (κ3) is 2.93. The average Bonchev–Trinajstić information content (AvgIpc) is 2.72. The number of hydrogen-bond acceptors (Lipinski definition) is 3. The van der Waals surface area contributed by atoms with Crippen molar-refractivity contribution in [2.75, 3.05) is 11.1 Å². The Bertz CT molecular complexity index is 651. The Balaban J connectivity index is 2.15. The normalized spacial score (nSPS) is 12.2. The topological polar surface area (TPSA) is 72.9 Å². The number of nitrogens with zero attached hydrogens (tertiary/aromatic N) is 2. The van der Waals surface area contributed by atoms with Gasteiger partial charge in [0.2, 0.25) is 5.91 Å². The van der Waals surface area contributed by atoms with Crippen LogP contribution in [0.15, 0.2) is 24.3 Å². The second-order valence-electron chi connectivity index (χ2n) is 4.77. The molecule has 0 fully saturated rings. The van der Waals surface area contributed by atoms with E-state index in [1.165, 1.54) is 0 Å². The molecule has 1 aromatic carbocycles. The van der Waals surface area contributed by atoms with Crippen molar-refractivity contribution in [1.82, 2.24) is 9.78 Å². The molecule has 1 unspecified atom stereocenters. The maximum atomic E-state index is 12.2. The number of nitrogen functional groups attached to an aromatic ring is 1. The molecule has 1 aromatic heterocycles. The van der Waals surface area contributed by atoms with Gasteiger partial charge in [-0.2, -0.15) is 5.10 Å². The molecule has 1 atom stereocenters. The lowest BCUT2D eigenvalue weighted by molar-refractivity contribution is -0.119. The summed E-state index contributed by atoms with van der Waals surface area (Å²) in [6, 6.07) is 6.53. The van der Waals surface area contributed by atoms with E-state index in [0.29, 0.717) is 16.4 Å². The zero-order chi connectivity index (χ0) is 14.9. The van der Waals surface area contributed by atoms with Crippen molar-refractivity contribution in [1.29, 1.82) is 0 Å². The number of benzene rings is 1. The SMILES string of the molecule is Cc1cc(C)n(C(C)C(=O)Nc2ccc(Cl)c(N)c2)n1. The number of aryl methyl sites for hydroxylation is 2. The van der Waals surface area contributed by atoms with Gasteiger partial charge in [0.05, 0.1) is 16.4 Å². The first kappa shape index (κ1) is 14.4. The number of anilines is 2. The van der Waals surface area contributed by atoms with Gasteiger partial charge in [-0.15, -0.1) is 0 Å². The van der Waals surface area contributed by atoms with Crippen molar-refractivity contribution in [3.63, 3.8) is 0 Å². The lowest BCUT2D eigenvalue weighted by Gasteiger charge is -2.15. The molecule has 0 aliphatic rings. The number of amides is 1. The molecule has 6 heteroatoms. The van der Waals surface area contributed by atoms with Crippen LogP contribution < -0.4 is 11.1 Å². The van der Waals surface area contributed by atoms with Crippen LogP contribution in [0.2, 0.25) is 5.02 Å². The fraction of sp³-hybridized carbons (Fsp3) is 0.286. The minimum atomic E-state index is -0.402. The van der Waals surface area contributed by atoms with Crippen LogP contribution in [0.25, 0.3) is 0 Å². The van der Waals surface area contributed by atoms with Gasteiger partial charge >= 0.3 is 0 Å². The van der Waals surface area contributed by atoms with Gasteiger partial charge in [-0.3, -0.25) is 9.48 Å². The zero-order valence-electron chi connectivity index (χ0n) is 11.6. The summed E-state index contributed by atoms with van der Waals surface area (Å²) in [5.74, 6) is -0.155. The van der Waals surface area contributed by atoms with Crippen molar-refractivity contribution in [2.45, 2.75) is 26.8 Å². The molecule has 0 aliphatic carbocycles. The van der Waals surface area contributed by atoms with Gasteiger partial charge in [-0.05, 0) is 45.0 Å². The van der Waals surface area contributed by atoms with Gasteiger partial charge < -0.3 is 11.1 Å². The van der Waals surface area contributed by atoms with Crippen molar-refractivity contribution in [3.8, 4) is 0 Å². The van der Waals surface area contributed by atoms with Gasteiger partial charge in [0.15, 0.2) is 0 Å². The van der Waals surface area contributed by atoms with E-state index in [9.17, 15) is 4.79 Å². The van der Waals surface area contributed by atoms with E-state index in [2.05, 4.69) is 10.4 Å². The summed E-state index contributed by atoms with van der Waals surface area (Å²) in [6.07, 6.45) is 0. The molecule has 0 saturated carbocycles. The fourth-order valence-corrected chi connectivity index (χ4v) is 2.13. The highest BCUT2D eigenvalue weighted by Gasteiger charge is 2.18. The van der Waals surface area contributed by atoms with Crippen LogP contribution in [-0.4, -0.2) is 15.7 Å². The van der Waals surface area contributed by atoms with E-state index in [0.717, 1.165) is 11.4 Å². The number of nitrogens with one attached hydrogen (secondary N) is 1. The summed E-state index contributed by atoms with van der Waals surface area (Å²) in [5.41, 5.74) is 8.59. The molecule has 0 radical (unpaired) electrons. The summed E-state index contributed by atoms with van der Waals surface area (Å²) >= 11 is 5.85. The molecule has 1 amide bonds. The Hall–Kier alpha value is -2.01. The van der Waals surface area contributed by atoms with Gasteiger partial charge in [0, 0.05) is 11.4 Å². The van der Waals surface area contributed by atoms with Crippen LogP contribution in [0.5, 0.6) is 0 Å². The summed E-state index contributed by atoms with van der Waals surface area (Å²) in [5, 5.41) is 7.59. The molecule has 20 heavy (non-hydrogen) atoms. The molecule has 0 spiro atoms. The summed E-state index contributed by atoms with van der Waals surface area (Å²) in [4.78, 5) is 12.2. The first-order valence-electron chi connectivity index (χ1n) is 6.27. The highest BCUT2D eigenvalue weighted by molar-refractivity contribution is 6.33. The summed E-state index contributed by atoms with van der Waals surface area (Å²) in [6.45, 7) is 5.62. The third-order valence-corrected chi connectivity index (χ3v) is 3.40. The predicted octanol–water partition coefficient (Wildman–Crippen LogP) is 2.94. The molecular formula is C14H17ClN4O. The Labute approximate surface area is 122 Å². The van der Waals surface area contributed by atoms with Crippen LogP contribution in [0.4, 0.5) is 11.4 Å². The number of aromatic nitrogens is 2. The summed E-state index contributed by atoms with van der Waals surface area (Å²) in [7, 11) is 0. The molecule has 0 aliphatic heterocycles. The number of halogens is 1. The number of nitrogens with two attached hydrogens (primary N) is 1. The Morgan fingerprint density at radius 3 is 2.65 bits per heavy atom. The van der Waals surface area contributed by atoms with Crippen LogP contribution >= 0.6 is 11.6 Å². The van der Waals surface area contributed by atoms with Gasteiger partial charge in [-0.1, -0.05) is 11.6 Å². The second-order valence-corrected chi connectivity index (χ2v) is 5.18. The van der Waals surface area contributed by atoms with Gasteiger partial charge in [0.25, 0.3) is 0 Å². The van der Waals surface area contributed by atoms with Crippen molar-refractivity contribution in [2.24, 2.45) is 0 Å². The maximum absolute atomic E-state index is 12.2. The molecule has 1 heterocycles. The van der Waals surface area contributed by atoms with E-state index in [-0.39, 0.29) is 5.91 Å². The lowest BCUT2D eigenvalue weighted by atomic mass is 10.2. The molecule has 3 N–H and O–H groups in total. The molecule has 2 rings (SSSR count). The number of carbonyl (C=O) groups is 1. The summed E-state index contributed by atoms with van der Waals surface area (Å²) < 4.78 is 1.70. The van der Waals surface area contributed by atoms with Crippen LogP contribution in [-0.2, 0) is 4.79 Å². The van der Waals surface area contributed by atoms with Crippen molar-refractivity contribution < 1.29 is 4.79 Å². The number of rotatable bonds is 3. The smallest absolute Gasteiger partial charge is 0.248 e. The lowest BCUT2D eigenvalue weighted by Crippen LogP contribution is -2.25. The number of hydrogen-bond donors (Lipinski definition) is 2. The Morgan fingerprint density at radius 1 is 1.40 bits per heavy atom. The minimum Gasteiger partial charge on any atom is -0.397 e. The van der Waals surface area contributed by atoms with E-state index in [4.69, 9.17) is 17.3 Å². The highest BCUT2D eigenvalue weighted by atomic mass is 35.5. The molecule has 0 saturated heterocycles. The molecule has 5 nitrogen and oxygen atoms in total.